The van der Waals surface area contributed by atoms with Crippen LogP contribution in [0.1, 0.15) is 34.9 Å². The molecule has 5 heterocycles. The van der Waals surface area contributed by atoms with Crippen LogP contribution in [0.3, 0.4) is 0 Å². The zero-order valence-electron chi connectivity index (χ0n) is 34.4. The molecule has 0 aliphatic carbocycles. The van der Waals surface area contributed by atoms with Crippen LogP contribution in [0.5, 0.6) is 0 Å². The second-order valence-corrected chi connectivity index (χ2v) is 17.9. The van der Waals surface area contributed by atoms with Crippen LogP contribution in [0.15, 0.2) is 113 Å². The lowest BCUT2D eigenvalue weighted by molar-refractivity contribution is -0.384. The predicted molar refractivity (Wildman–Crippen MR) is 242 cm³/mol. The van der Waals surface area contributed by atoms with Crippen LogP contribution < -0.4 is 20.5 Å². The first-order valence-electron chi connectivity index (χ1n) is 20.6. The van der Waals surface area contributed by atoms with Crippen LogP contribution in [-0.2, 0) is 26.5 Å². The van der Waals surface area contributed by atoms with Crippen molar-refractivity contribution in [2.24, 2.45) is 13.0 Å². The lowest BCUT2D eigenvalue weighted by Crippen LogP contribution is -2.36. The number of rotatable bonds is 12. The highest BCUT2D eigenvalue weighted by atomic mass is 35.5. The van der Waals surface area contributed by atoms with Crippen molar-refractivity contribution >= 4 is 66.7 Å². The fourth-order valence-corrected chi connectivity index (χ4v) is 9.65. The second kappa shape index (κ2) is 17.5. The number of hydrogen-bond donors (Lipinski definition) is 4. The smallest absolute Gasteiger partial charge is 0.293 e. The molecule has 64 heavy (non-hydrogen) atoms. The molecule has 0 saturated carbocycles. The maximum Gasteiger partial charge on any atom is 0.293 e. The van der Waals surface area contributed by atoms with Crippen LogP contribution >= 0.6 is 11.6 Å². The van der Waals surface area contributed by atoms with Crippen molar-refractivity contribution in [1.29, 1.82) is 0 Å². The van der Waals surface area contributed by atoms with Crippen LogP contribution in [-0.4, -0.2) is 89.2 Å². The largest absolute Gasteiger partial charge is 0.388 e. The Morgan fingerprint density at radius 2 is 1.81 bits per heavy atom. The number of aromatic nitrogens is 4. The van der Waals surface area contributed by atoms with E-state index in [1.54, 1.807) is 30.5 Å². The van der Waals surface area contributed by atoms with Crippen molar-refractivity contribution in [2.45, 2.75) is 29.9 Å². The number of nitrogens with one attached hydrogen (secondary N) is 3. The van der Waals surface area contributed by atoms with Crippen molar-refractivity contribution in [1.82, 2.24) is 24.1 Å². The third-order valence-corrected chi connectivity index (χ3v) is 13.5. The molecule has 2 aliphatic heterocycles. The SMILES string of the molecule is Cn1c(=O)c2nc3[nH]ccc3cc2n1-c1cc(N2CCC(C(O)c3ccccc3-c3ccc(Cl)cc3)CC2)ccc1C(=O)NS(=O)(=O)c1ccc(NC[C@@H]2COCCO2)c([N+](=O)[O-])c1. The van der Waals surface area contributed by atoms with Gasteiger partial charge in [0.05, 0.1) is 58.6 Å². The minimum absolute atomic E-state index is 0.0640. The number of carbonyl (C=O) groups is 1. The molecule has 3 aromatic heterocycles. The van der Waals surface area contributed by atoms with E-state index in [-0.39, 0.29) is 41.0 Å². The number of fused-ring (bicyclic) bond motifs is 2. The number of piperidine rings is 1. The molecule has 0 radical (unpaired) electrons. The van der Waals surface area contributed by atoms with Gasteiger partial charge in [-0.2, -0.15) is 0 Å². The van der Waals surface area contributed by atoms with E-state index in [0.717, 1.165) is 22.8 Å². The van der Waals surface area contributed by atoms with Crippen LogP contribution in [0.4, 0.5) is 17.1 Å². The molecule has 17 nitrogen and oxygen atoms in total. The van der Waals surface area contributed by atoms with E-state index in [1.165, 1.54) is 34.6 Å². The Bertz CT molecular complexity index is 3080. The summed E-state index contributed by atoms with van der Waals surface area (Å²) in [6.07, 6.45) is 1.87. The molecule has 2 saturated heterocycles. The van der Waals surface area contributed by atoms with Gasteiger partial charge in [0.25, 0.3) is 27.2 Å². The van der Waals surface area contributed by atoms with Gasteiger partial charge in [-0.1, -0.05) is 48.0 Å². The number of nitrogens with zero attached hydrogens (tertiary/aromatic N) is 5. The Morgan fingerprint density at radius 1 is 1.03 bits per heavy atom. The van der Waals surface area contributed by atoms with Crippen LogP contribution in [0, 0.1) is 16.0 Å². The van der Waals surface area contributed by atoms with Gasteiger partial charge in [-0.25, -0.2) is 27.5 Å². The number of aliphatic hydroxyl groups excluding tert-OH is 1. The number of carbonyl (C=O) groups excluding carboxylic acids is 1. The molecule has 9 rings (SSSR count). The van der Waals surface area contributed by atoms with Crippen LogP contribution in [0.25, 0.3) is 38.9 Å². The lowest BCUT2D eigenvalue weighted by Gasteiger charge is -2.36. The number of hydrogen-bond acceptors (Lipinski definition) is 12. The van der Waals surface area contributed by atoms with Gasteiger partial charge in [-0.05, 0) is 90.0 Å². The molecule has 19 heteroatoms. The molecular formula is C45H43ClN8O9S. The average molecular weight is 907 g/mol. The molecule has 0 spiro atoms. The van der Waals surface area contributed by atoms with E-state index < -0.39 is 43.1 Å². The lowest BCUT2D eigenvalue weighted by atomic mass is 9.84. The number of nitro groups is 1. The number of anilines is 2. The van der Waals surface area contributed by atoms with E-state index in [1.807, 2.05) is 48.5 Å². The molecule has 2 aliphatic rings. The minimum atomic E-state index is -4.68. The number of amides is 1. The summed E-state index contributed by atoms with van der Waals surface area (Å²) in [5, 5.41) is 28.2. The summed E-state index contributed by atoms with van der Waals surface area (Å²) in [5.41, 5.74) is 3.57. The van der Waals surface area contributed by atoms with Gasteiger partial charge >= 0.3 is 0 Å². The molecule has 330 valence electrons. The maximum absolute atomic E-state index is 14.3. The molecule has 0 bridgehead atoms. The van der Waals surface area contributed by atoms with Gasteiger partial charge in [0.2, 0.25) is 0 Å². The summed E-state index contributed by atoms with van der Waals surface area (Å²) in [7, 11) is -3.16. The zero-order valence-corrected chi connectivity index (χ0v) is 36.0. The third kappa shape index (κ3) is 8.33. The highest BCUT2D eigenvalue weighted by Gasteiger charge is 2.31. The van der Waals surface area contributed by atoms with Gasteiger partial charge < -0.3 is 29.8 Å². The first-order valence-corrected chi connectivity index (χ1v) is 22.5. The number of pyridine rings is 1. The topological polar surface area (TPSA) is 216 Å². The Labute approximate surface area is 371 Å². The molecule has 1 unspecified atom stereocenters. The molecular weight excluding hydrogens is 864 g/mol. The van der Waals surface area contributed by atoms with Crippen molar-refractivity contribution in [3.8, 4) is 16.8 Å². The fraction of sp³-hybridized carbons (Fsp3) is 0.267. The van der Waals surface area contributed by atoms with Gasteiger partial charge in [0.15, 0.2) is 5.52 Å². The number of nitro benzene ring substituents is 1. The Morgan fingerprint density at radius 3 is 2.56 bits per heavy atom. The number of halogens is 1. The average Bonchev–Trinajstić information content (AvgIpc) is 3.87. The highest BCUT2D eigenvalue weighted by molar-refractivity contribution is 7.90. The van der Waals surface area contributed by atoms with Gasteiger partial charge in [-0.3, -0.25) is 19.7 Å². The summed E-state index contributed by atoms with van der Waals surface area (Å²) >= 11 is 6.16. The van der Waals surface area contributed by atoms with Crippen molar-refractivity contribution in [3.05, 3.63) is 140 Å². The predicted octanol–water partition coefficient (Wildman–Crippen LogP) is 6.33. The molecule has 2 atom stereocenters. The fourth-order valence-electron chi connectivity index (χ4n) is 8.54. The van der Waals surface area contributed by atoms with E-state index >= 15 is 0 Å². The third-order valence-electron chi connectivity index (χ3n) is 11.9. The Kier molecular flexibility index (Phi) is 11.7. The van der Waals surface area contributed by atoms with Crippen molar-refractivity contribution < 1.29 is 32.7 Å². The number of benzene rings is 4. The summed E-state index contributed by atoms with van der Waals surface area (Å²) < 4.78 is 43.6. The Hall–Kier alpha value is -6.57. The first-order chi connectivity index (χ1) is 30.9. The number of sulfonamides is 1. The van der Waals surface area contributed by atoms with E-state index in [4.69, 9.17) is 21.1 Å². The number of aliphatic hydroxyl groups is 1. The molecule has 7 aromatic rings. The summed E-state index contributed by atoms with van der Waals surface area (Å²) in [6.45, 7) is 2.41. The second-order valence-electron chi connectivity index (χ2n) is 15.8. The van der Waals surface area contributed by atoms with E-state index in [9.17, 15) is 33.2 Å². The molecule has 4 aromatic carbocycles. The van der Waals surface area contributed by atoms with Gasteiger partial charge in [-0.15, -0.1) is 0 Å². The summed E-state index contributed by atoms with van der Waals surface area (Å²) in [6, 6.07) is 27.1. The molecule has 2 fully saturated rings. The van der Waals surface area contributed by atoms with Gasteiger partial charge in [0.1, 0.15) is 11.3 Å². The normalized spacial score (nSPS) is 16.5. The maximum atomic E-state index is 14.3. The van der Waals surface area contributed by atoms with Gasteiger partial charge in [0, 0.05) is 55.0 Å². The Balaban J connectivity index is 1.02. The van der Waals surface area contributed by atoms with E-state index in [2.05, 4.69) is 24.9 Å². The summed E-state index contributed by atoms with van der Waals surface area (Å²) in [5.74, 6) is -1.10. The number of H-pyrrole nitrogens is 1. The van der Waals surface area contributed by atoms with Crippen molar-refractivity contribution in [2.75, 3.05) is 49.7 Å². The molecule has 1 amide bonds. The highest BCUT2D eigenvalue weighted by Crippen LogP contribution is 2.38. The zero-order chi connectivity index (χ0) is 44.7. The minimum Gasteiger partial charge on any atom is -0.388 e. The van der Waals surface area contributed by atoms with E-state index in [0.29, 0.717) is 73.0 Å². The first kappa shape index (κ1) is 42.7. The van der Waals surface area contributed by atoms with Crippen molar-refractivity contribution in [3.63, 3.8) is 0 Å². The summed E-state index contributed by atoms with van der Waals surface area (Å²) in [4.78, 5) is 48.6. The monoisotopic (exact) mass is 906 g/mol. The quantitative estimate of drug-likeness (QED) is 0.0782. The number of ether oxygens (including phenoxy) is 2. The standard InChI is InChI=1S/C45H43ClN8O9S/c1-51-45(57)41-40(22-29-14-17-47-43(29)49-41)53(51)38-23-31(52-18-15-28(16-19-52)42(55)35-5-3-2-4-34(35)27-6-8-30(46)9-7-27)10-12-36(38)44(56)50-64(60,61)33-11-13-37(39(24-33)54(58)59)48-25-32-26-62-20-21-63-32/h2-14,17,22-24,28,32,42,48,55H,15-16,18-21,25-26H2,1H3,(H,47,49)(H,50,56)/t32-,42?/m1/s1. The molecule has 4 N–H and O–H groups in total. The van der Waals surface area contributed by atoms with Crippen LogP contribution in [0.2, 0.25) is 5.02 Å². The number of aromatic amines is 1.